The predicted molar refractivity (Wildman–Crippen MR) is 104 cm³/mol. The third kappa shape index (κ3) is 4.77. The average Bonchev–Trinajstić information content (AvgIpc) is 3.43. The van der Waals surface area contributed by atoms with Gasteiger partial charge in [0.1, 0.15) is 18.2 Å². The highest BCUT2D eigenvalue weighted by atomic mass is 19.1. The van der Waals surface area contributed by atoms with E-state index in [1.807, 2.05) is 25.1 Å². The van der Waals surface area contributed by atoms with Crippen LogP contribution in [0.4, 0.5) is 4.39 Å². The molecule has 0 N–H and O–H groups in total. The van der Waals surface area contributed by atoms with Gasteiger partial charge in [0.15, 0.2) is 0 Å². The molecule has 0 spiro atoms. The molecule has 0 aliphatic heterocycles. The highest BCUT2D eigenvalue weighted by Crippen LogP contribution is 2.51. The molecule has 2 aromatic carbocycles. The quantitative estimate of drug-likeness (QED) is 0.520. The molecule has 3 rings (SSSR count). The minimum atomic E-state index is -0.356. The number of benzene rings is 2. The van der Waals surface area contributed by atoms with Crippen LogP contribution < -0.4 is 4.74 Å². The summed E-state index contributed by atoms with van der Waals surface area (Å²) in [6, 6.07) is 11.6. The molecule has 0 amide bonds. The third-order valence-electron chi connectivity index (χ3n) is 5.02. The molecular weight excluding hydrogens is 359 g/mol. The van der Waals surface area contributed by atoms with E-state index in [0.29, 0.717) is 11.3 Å². The summed E-state index contributed by atoms with van der Waals surface area (Å²) in [5.41, 5.74) is 2.30. The number of carbonyl (C=O) groups excluding carboxylic acids is 2. The zero-order chi connectivity index (χ0) is 20.3. The molecule has 1 aliphatic carbocycles. The first-order valence-corrected chi connectivity index (χ1v) is 9.52. The predicted octanol–water partition coefficient (Wildman–Crippen LogP) is 4.51. The van der Waals surface area contributed by atoms with Crippen LogP contribution in [0.25, 0.3) is 0 Å². The molecule has 28 heavy (non-hydrogen) atoms. The van der Waals surface area contributed by atoms with Gasteiger partial charge in [0.25, 0.3) is 0 Å². The Kier molecular flexibility index (Phi) is 5.82. The van der Waals surface area contributed by atoms with Gasteiger partial charge >= 0.3 is 11.9 Å². The first-order chi connectivity index (χ1) is 13.3. The number of hydrogen-bond donors (Lipinski definition) is 0. The maximum absolute atomic E-state index is 13.0. The molecule has 1 fully saturated rings. The van der Waals surface area contributed by atoms with E-state index in [-0.39, 0.29) is 42.1 Å². The summed E-state index contributed by atoms with van der Waals surface area (Å²) >= 11 is 0. The van der Waals surface area contributed by atoms with Gasteiger partial charge in [0.2, 0.25) is 0 Å². The smallest absolute Gasteiger partial charge is 0.313 e. The second-order valence-electron chi connectivity index (χ2n) is 7.82. The monoisotopic (exact) mass is 384 g/mol. The largest absolute Gasteiger partial charge is 0.464 e. The highest BCUT2D eigenvalue weighted by Gasteiger charge is 2.47. The lowest BCUT2D eigenvalue weighted by Gasteiger charge is -2.20. The highest BCUT2D eigenvalue weighted by molar-refractivity contribution is 5.75. The van der Waals surface area contributed by atoms with Crippen molar-refractivity contribution in [3.05, 3.63) is 65.0 Å². The molecule has 0 aromatic heterocycles. The number of rotatable bonds is 7. The molecule has 2 aromatic rings. The van der Waals surface area contributed by atoms with E-state index >= 15 is 0 Å². The Morgan fingerprint density at radius 3 is 2.39 bits per heavy atom. The second kappa shape index (κ2) is 8.13. The summed E-state index contributed by atoms with van der Waals surface area (Å²) < 4.78 is 24.1. The minimum absolute atomic E-state index is 0.0967. The normalized spacial score (nSPS) is 14.6. The Balaban J connectivity index is 1.68. The molecule has 0 bridgehead atoms. The molecule has 1 saturated carbocycles. The summed E-state index contributed by atoms with van der Waals surface area (Å²) in [7, 11) is 0. The summed E-state index contributed by atoms with van der Waals surface area (Å²) in [6.07, 6.45) is 1.83. The molecule has 1 aliphatic rings. The lowest BCUT2D eigenvalue weighted by molar-refractivity contribution is -0.144. The van der Waals surface area contributed by atoms with Gasteiger partial charge in [-0.15, -0.1) is 0 Å². The number of esters is 2. The van der Waals surface area contributed by atoms with Crippen molar-refractivity contribution in [1.29, 1.82) is 0 Å². The topological polar surface area (TPSA) is 52.6 Å². The molecule has 0 unspecified atom stereocenters. The first kappa shape index (κ1) is 20.1. The standard InChI is InChI=1S/C23H25FO4/c1-15(2)22(26)28-20-12-16(3)4-9-19(20)23(10-11-23)14-27-21(25)13-17-5-7-18(24)8-6-17/h4-9,12,15H,10-11,13-14H2,1-3H3. The Hall–Kier alpha value is -2.69. The lowest BCUT2D eigenvalue weighted by atomic mass is 9.94. The van der Waals surface area contributed by atoms with Gasteiger partial charge in [-0.2, -0.15) is 0 Å². The SMILES string of the molecule is Cc1ccc(C2(COC(=O)Cc3ccc(F)cc3)CC2)c(OC(=O)C(C)C)c1. The van der Waals surface area contributed by atoms with E-state index in [1.54, 1.807) is 26.0 Å². The number of carbonyl (C=O) groups is 2. The molecule has 0 radical (unpaired) electrons. The summed E-state index contributed by atoms with van der Waals surface area (Å²) in [4.78, 5) is 24.3. The van der Waals surface area contributed by atoms with Crippen LogP contribution in [0.15, 0.2) is 42.5 Å². The van der Waals surface area contributed by atoms with Gasteiger partial charge in [-0.25, -0.2) is 4.39 Å². The lowest BCUT2D eigenvalue weighted by Crippen LogP contribution is -2.22. The molecule has 5 heteroatoms. The zero-order valence-corrected chi connectivity index (χ0v) is 16.5. The summed E-state index contributed by atoms with van der Waals surface area (Å²) in [5.74, 6) is -0.651. The van der Waals surface area contributed by atoms with E-state index < -0.39 is 0 Å². The van der Waals surface area contributed by atoms with Gasteiger partial charge in [-0.05, 0) is 49.1 Å². The fraction of sp³-hybridized carbons (Fsp3) is 0.391. The Labute approximate surface area is 164 Å². The van der Waals surface area contributed by atoms with Crippen molar-refractivity contribution < 1.29 is 23.5 Å². The van der Waals surface area contributed by atoms with Gasteiger partial charge in [-0.1, -0.05) is 38.1 Å². The van der Waals surface area contributed by atoms with Crippen LogP contribution in [0.1, 0.15) is 43.4 Å². The number of ether oxygens (including phenoxy) is 2. The molecule has 148 valence electrons. The number of hydrogen-bond acceptors (Lipinski definition) is 4. The summed E-state index contributed by atoms with van der Waals surface area (Å²) in [6.45, 7) is 5.77. The van der Waals surface area contributed by atoms with Gasteiger partial charge in [0.05, 0.1) is 12.3 Å². The fourth-order valence-electron chi connectivity index (χ4n) is 3.06. The Morgan fingerprint density at radius 1 is 1.11 bits per heavy atom. The molecular formula is C23H25FO4. The van der Waals surface area contributed by atoms with E-state index in [4.69, 9.17) is 9.47 Å². The fourth-order valence-corrected chi connectivity index (χ4v) is 3.06. The number of aryl methyl sites for hydroxylation is 1. The van der Waals surface area contributed by atoms with Crippen LogP contribution in [0, 0.1) is 18.7 Å². The Morgan fingerprint density at radius 2 is 1.79 bits per heavy atom. The summed E-state index contributed by atoms with van der Waals surface area (Å²) in [5, 5.41) is 0. The van der Waals surface area contributed by atoms with Crippen molar-refractivity contribution in [2.45, 2.75) is 45.4 Å². The van der Waals surface area contributed by atoms with Crippen molar-refractivity contribution in [2.75, 3.05) is 6.61 Å². The van der Waals surface area contributed by atoms with Crippen LogP contribution in [0.3, 0.4) is 0 Å². The molecule has 4 nitrogen and oxygen atoms in total. The van der Waals surface area contributed by atoms with Crippen LogP contribution >= 0.6 is 0 Å². The van der Waals surface area contributed by atoms with Gasteiger partial charge in [0, 0.05) is 11.0 Å². The van der Waals surface area contributed by atoms with E-state index in [1.165, 1.54) is 12.1 Å². The molecule has 0 heterocycles. The van der Waals surface area contributed by atoms with Crippen molar-refractivity contribution >= 4 is 11.9 Å². The second-order valence-corrected chi connectivity index (χ2v) is 7.82. The molecule has 0 atom stereocenters. The van der Waals surface area contributed by atoms with Crippen molar-refractivity contribution in [2.24, 2.45) is 5.92 Å². The van der Waals surface area contributed by atoms with E-state index in [9.17, 15) is 14.0 Å². The van der Waals surface area contributed by atoms with Gasteiger partial charge < -0.3 is 9.47 Å². The van der Waals surface area contributed by atoms with Crippen LogP contribution in [-0.2, 0) is 26.2 Å². The van der Waals surface area contributed by atoms with E-state index in [2.05, 4.69) is 0 Å². The van der Waals surface area contributed by atoms with Crippen molar-refractivity contribution in [1.82, 2.24) is 0 Å². The maximum Gasteiger partial charge on any atom is 0.313 e. The van der Waals surface area contributed by atoms with Crippen LogP contribution in [0.5, 0.6) is 5.75 Å². The molecule has 0 saturated heterocycles. The Bertz CT molecular complexity index is 867. The van der Waals surface area contributed by atoms with E-state index in [0.717, 1.165) is 24.0 Å². The minimum Gasteiger partial charge on any atom is -0.464 e. The zero-order valence-electron chi connectivity index (χ0n) is 16.5. The van der Waals surface area contributed by atoms with Crippen molar-refractivity contribution in [3.63, 3.8) is 0 Å². The van der Waals surface area contributed by atoms with Gasteiger partial charge in [-0.3, -0.25) is 9.59 Å². The first-order valence-electron chi connectivity index (χ1n) is 9.52. The van der Waals surface area contributed by atoms with Crippen molar-refractivity contribution in [3.8, 4) is 5.75 Å². The van der Waals surface area contributed by atoms with Crippen LogP contribution in [-0.4, -0.2) is 18.5 Å². The van der Waals surface area contributed by atoms with Crippen LogP contribution in [0.2, 0.25) is 0 Å². The third-order valence-corrected chi connectivity index (χ3v) is 5.02. The number of halogens is 1. The maximum atomic E-state index is 13.0. The average molecular weight is 384 g/mol.